The number of aliphatic hydroxyl groups is 1. The van der Waals surface area contributed by atoms with E-state index in [1.807, 2.05) is 19.9 Å². The Morgan fingerprint density at radius 3 is 2.79 bits per heavy atom. The van der Waals surface area contributed by atoms with Crippen molar-refractivity contribution in [3.05, 3.63) is 23.0 Å². The predicted octanol–water partition coefficient (Wildman–Crippen LogP) is 3.34. The lowest BCUT2D eigenvalue weighted by Gasteiger charge is -2.22. The molecule has 1 saturated carbocycles. The van der Waals surface area contributed by atoms with Crippen LogP contribution in [-0.4, -0.2) is 17.0 Å². The number of hydrogen-bond acceptors (Lipinski definition) is 1. The summed E-state index contributed by atoms with van der Waals surface area (Å²) in [5.74, 6) is -0.102. The third-order valence-electron chi connectivity index (χ3n) is 2.98. The lowest BCUT2D eigenvalue weighted by Crippen LogP contribution is -2.19. The number of allylic oxidation sites excluding steroid dienone is 3. The Morgan fingerprint density at radius 2 is 2.36 bits per heavy atom. The first-order chi connectivity index (χ1) is 6.59. The van der Waals surface area contributed by atoms with Crippen molar-refractivity contribution in [2.24, 2.45) is 5.41 Å². The van der Waals surface area contributed by atoms with Crippen molar-refractivity contribution in [2.45, 2.75) is 26.7 Å². The fraction of sp³-hybridized carbons (Fsp3) is 0.636. The molecular weight excluding hydrogens is 247 g/mol. The van der Waals surface area contributed by atoms with Gasteiger partial charge in [-0.1, -0.05) is 28.9 Å². The van der Waals surface area contributed by atoms with E-state index in [0.29, 0.717) is 0 Å². The summed E-state index contributed by atoms with van der Waals surface area (Å²) in [7, 11) is 0. The zero-order chi connectivity index (χ0) is 10.8. The van der Waals surface area contributed by atoms with Crippen LogP contribution in [0.4, 0.5) is 4.39 Å². The molecule has 1 aliphatic carbocycles. The van der Waals surface area contributed by atoms with E-state index in [4.69, 9.17) is 0 Å². The third-order valence-corrected chi connectivity index (χ3v) is 3.48. The zero-order valence-corrected chi connectivity index (χ0v) is 10.2. The van der Waals surface area contributed by atoms with Gasteiger partial charge < -0.3 is 5.11 Å². The van der Waals surface area contributed by atoms with E-state index >= 15 is 0 Å². The van der Waals surface area contributed by atoms with E-state index in [-0.39, 0.29) is 23.2 Å². The Bertz CT molecular complexity index is 283. The minimum absolute atomic E-state index is 0.0890. The molecule has 0 radical (unpaired) electrons. The van der Waals surface area contributed by atoms with E-state index in [9.17, 15) is 9.50 Å². The predicted molar refractivity (Wildman–Crippen MR) is 60.1 cm³/mol. The van der Waals surface area contributed by atoms with Gasteiger partial charge in [0.2, 0.25) is 0 Å². The molecule has 3 heteroatoms. The summed E-state index contributed by atoms with van der Waals surface area (Å²) in [5.41, 5.74) is 1.50. The van der Waals surface area contributed by atoms with Gasteiger partial charge in [0.05, 0.1) is 11.9 Å². The van der Waals surface area contributed by atoms with Crippen LogP contribution in [0, 0.1) is 5.41 Å². The van der Waals surface area contributed by atoms with Gasteiger partial charge in [-0.25, -0.2) is 4.39 Å². The molecule has 14 heavy (non-hydrogen) atoms. The summed E-state index contributed by atoms with van der Waals surface area (Å²) in [5, 5.41) is 9.57. The number of aliphatic hydroxyl groups excluding tert-OH is 1. The van der Waals surface area contributed by atoms with E-state index in [0.717, 1.165) is 24.0 Å². The van der Waals surface area contributed by atoms with Gasteiger partial charge in [0, 0.05) is 5.41 Å². The molecule has 1 rings (SSSR count). The lowest BCUT2D eigenvalue weighted by atomic mass is 9.84. The maximum absolute atomic E-state index is 13.5. The minimum Gasteiger partial charge on any atom is -0.395 e. The quantitative estimate of drug-likeness (QED) is 0.757. The van der Waals surface area contributed by atoms with Crippen molar-refractivity contribution < 1.29 is 9.50 Å². The second-order valence-electron chi connectivity index (χ2n) is 3.94. The van der Waals surface area contributed by atoms with Gasteiger partial charge in [0.15, 0.2) is 0 Å². The Labute approximate surface area is 92.8 Å². The van der Waals surface area contributed by atoms with Gasteiger partial charge >= 0.3 is 0 Å². The fourth-order valence-corrected chi connectivity index (χ4v) is 2.42. The summed E-state index contributed by atoms with van der Waals surface area (Å²) in [6.45, 7) is 3.97. The van der Waals surface area contributed by atoms with E-state index in [2.05, 4.69) is 15.9 Å². The highest BCUT2D eigenvalue weighted by Gasteiger charge is 2.37. The third kappa shape index (κ3) is 1.94. The summed E-state index contributed by atoms with van der Waals surface area (Å²) in [6.07, 6.45) is 3.48. The minimum atomic E-state index is -0.246. The first-order valence-corrected chi connectivity index (χ1v) is 5.92. The molecule has 0 heterocycles. The monoisotopic (exact) mass is 262 g/mol. The van der Waals surface area contributed by atoms with Crippen LogP contribution < -0.4 is 0 Å². The van der Waals surface area contributed by atoms with Crippen LogP contribution in [-0.2, 0) is 0 Å². The van der Waals surface area contributed by atoms with Crippen molar-refractivity contribution in [1.29, 1.82) is 0 Å². The maximum atomic E-state index is 13.5. The molecule has 0 aromatic rings. The molecule has 80 valence electrons. The highest BCUT2D eigenvalue weighted by atomic mass is 79.9. The normalized spacial score (nSPS) is 33.9. The zero-order valence-electron chi connectivity index (χ0n) is 8.61. The smallest absolute Gasteiger partial charge is 0.114 e. The summed E-state index contributed by atoms with van der Waals surface area (Å²) >= 11 is 3.12. The number of alkyl halides is 1. The van der Waals surface area contributed by atoms with Gasteiger partial charge in [-0.2, -0.15) is 0 Å². The van der Waals surface area contributed by atoms with E-state index in [1.54, 1.807) is 0 Å². The van der Waals surface area contributed by atoms with Crippen LogP contribution in [0.5, 0.6) is 0 Å². The van der Waals surface area contributed by atoms with Crippen LogP contribution in [0.15, 0.2) is 23.0 Å². The average Bonchev–Trinajstić information content (AvgIpc) is 2.55. The highest BCUT2D eigenvalue weighted by Crippen LogP contribution is 2.47. The molecule has 0 aromatic carbocycles. The van der Waals surface area contributed by atoms with Crippen LogP contribution in [0.25, 0.3) is 0 Å². The molecule has 1 atom stereocenters. The van der Waals surface area contributed by atoms with Crippen LogP contribution >= 0.6 is 15.9 Å². The lowest BCUT2D eigenvalue weighted by molar-refractivity contribution is 0.179. The standard InChI is InChI=1S/C11H16BrFO/c1-3-9-8(10(13)6-12)4-5-11(9,2)7-14/h3,14H,4-7H2,1-2H3/b9-3+,10-8+. The molecule has 1 unspecified atom stereocenters. The van der Waals surface area contributed by atoms with Crippen LogP contribution in [0.3, 0.4) is 0 Å². The summed E-state index contributed by atoms with van der Waals surface area (Å²) < 4.78 is 13.5. The van der Waals surface area contributed by atoms with Gasteiger partial charge in [-0.05, 0) is 30.9 Å². The molecule has 0 aliphatic heterocycles. The van der Waals surface area contributed by atoms with Crippen molar-refractivity contribution in [3.8, 4) is 0 Å². The molecule has 0 amide bonds. The summed E-state index contributed by atoms with van der Waals surface area (Å²) in [4.78, 5) is 0. The average molecular weight is 263 g/mol. The molecule has 1 N–H and O–H groups in total. The molecule has 0 saturated heterocycles. The second-order valence-corrected chi connectivity index (χ2v) is 4.50. The van der Waals surface area contributed by atoms with Gasteiger partial charge in [0.25, 0.3) is 0 Å². The number of halogens is 2. The Kier molecular flexibility index (Phi) is 3.90. The Morgan fingerprint density at radius 1 is 1.71 bits per heavy atom. The molecule has 1 aliphatic rings. The Hall–Kier alpha value is -0.150. The van der Waals surface area contributed by atoms with Crippen LogP contribution in [0.1, 0.15) is 26.7 Å². The van der Waals surface area contributed by atoms with Crippen LogP contribution in [0.2, 0.25) is 0 Å². The number of rotatable bonds is 2. The van der Waals surface area contributed by atoms with Crippen molar-refractivity contribution in [2.75, 3.05) is 11.9 Å². The number of hydrogen-bond donors (Lipinski definition) is 1. The van der Waals surface area contributed by atoms with Crippen molar-refractivity contribution >= 4 is 15.9 Å². The SMILES string of the molecule is C/C=C1\C(=C(\F)CBr)CCC1(C)CO. The first-order valence-electron chi connectivity index (χ1n) is 4.80. The van der Waals surface area contributed by atoms with Gasteiger partial charge in [0.1, 0.15) is 5.83 Å². The molecular formula is C11H16BrFO. The van der Waals surface area contributed by atoms with Gasteiger partial charge in [-0.3, -0.25) is 0 Å². The Balaban J connectivity index is 3.09. The fourth-order valence-electron chi connectivity index (χ4n) is 2.08. The molecule has 1 fully saturated rings. The largest absolute Gasteiger partial charge is 0.395 e. The van der Waals surface area contributed by atoms with E-state index < -0.39 is 0 Å². The molecule has 0 bridgehead atoms. The van der Waals surface area contributed by atoms with Crippen molar-refractivity contribution in [1.82, 2.24) is 0 Å². The maximum Gasteiger partial charge on any atom is 0.114 e. The van der Waals surface area contributed by atoms with E-state index in [1.165, 1.54) is 0 Å². The molecule has 0 aromatic heterocycles. The second kappa shape index (κ2) is 4.58. The summed E-state index contributed by atoms with van der Waals surface area (Å²) in [6, 6.07) is 0. The highest BCUT2D eigenvalue weighted by molar-refractivity contribution is 9.09. The van der Waals surface area contributed by atoms with Crippen molar-refractivity contribution in [3.63, 3.8) is 0 Å². The van der Waals surface area contributed by atoms with Gasteiger partial charge in [-0.15, -0.1) is 0 Å². The molecule has 0 spiro atoms. The molecule has 1 nitrogen and oxygen atoms in total. The topological polar surface area (TPSA) is 20.2 Å². The first kappa shape index (κ1) is 11.9.